The molecule has 2 aromatic heterocycles. The summed E-state index contributed by atoms with van der Waals surface area (Å²) in [7, 11) is 0. The normalized spacial score (nSPS) is 24.5. The smallest absolute Gasteiger partial charge is 0.433 e. The number of halogens is 5. The van der Waals surface area contributed by atoms with Gasteiger partial charge in [0.2, 0.25) is 0 Å². The van der Waals surface area contributed by atoms with E-state index in [1.54, 1.807) is 19.1 Å². The fourth-order valence-electron chi connectivity index (χ4n) is 6.02. The first-order valence-corrected chi connectivity index (χ1v) is 14.1. The first-order valence-electron chi connectivity index (χ1n) is 13.4. The van der Waals surface area contributed by atoms with Crippen LogP contribution in [0.2, 0.25) is 10.0 Å². The van der Waals surface area contributed by atoms with Gasteiger partial charge in [-0.2, -0.15) is 18.3 Å². The van der Waals surface area contributed by atoms with Gasteiger partial charge in [-0.05, 0) is 44.6 Å². The van der Waals surface area contributed by atoms with E-state index in [1.165, 1.54) is 12.4 Å². The van der Waals surface area contributed by atoms with Crippen molar-refractivity contribution in [3.63, 3.8) is 0 Å². The van der Waals surface area contributed by atoms with Crippen molar-refractivity contribution in [2.24, 2.45) is 5.41 Å². The van der Waals surface area contributed by atoms with Gasteiger partial charge in [-0.3, -0.25) is 24.0 Å². The summed E-state index contributed by atoms with van der Waals surface area (Å²) in [4.78, 5) is 44.4. The molecule has 1 amide bonds. The number of aromatic nitrogens is 3. The molecule has 1 aliphatic heterocycles. The van der Waals surface area contributed by atoms with Crippen LogP contribution in [0.4, 0.5) is 13.2 Å². The highest BCUT2D eigenvalue weighted by Gasteiger charge is 2.48. The number of carboxylic acids is 1. The van der Waals surface area contributed by atoms with Gasteiger partial charge in [0.15, 0.2) is 11.5 Å². The molecule has 0 radical (unpaired) electrons. The average molecular weight is 623 g/mol. The largest absolute Gasteiger partial charge is 0.481 e. The Balaban J connectivity index is 1.52. The number of carbonyl (C=O) groups is 3. The van der Waals surface area contributed by atoms with E-state index in [0.29, 0.717) is 0 Å². The maximum Gasteiger partial charge on any atom is 0.433 e. The Hall–Kier alpha value is -3.44. The van der Waals surface area contributed by atoms with Crippen LogP contribution in [0.1, 0.15) is 83.0 Å². The Kier molecular flexibility index (Phi) is 8.10. The number of nitrogens with zero attached hydrogens (tertiary/aromatic N) is 4. The summed E-state index contributed by atoms with van der Waals surface area (Å²) in [6.07, 6.45) is -0.781. The topological polar surface area (TPSA) is 105 Å². The quantitative estimate of drug-likeness (QED) is 0.307. The van der Waals surface area contributed by atoms with Crippen LogP contribution >= 0.6 is 23.2 Å². The molecule has 1 aliphatic carbocycles. The molecule has 13 heteroatoms. The van der Waals surface area contributed by atoms with Gasteiger partial charge in [0, 0.05) is 24.9 Å². The van der Waals surface area contributed by atoms with Gasteiger partial charge >= 0.3 is 12.1 Å². The molecule has 3 aromatic rings. The maximum absolute atomic E-state index is 14.6. The number of hydrogen-bond donors (Lipinski definition) is 1. The summed E-state index contributed by atoms with van der Waals surface area (Å²) >= 11 is 12.5. The van der Waals surface area contributed by atoms with E-state index in [4.69, 9.17) is 23.2 Å². The first kappa shape index (κ1) is 30.0. The maximum atomic E-state index is 14.6. The Labute approximate surface area is 249 Å². The third-order valence-electron chi connectivity index (χ3n) is 8.45. The first-order chi connectivity index (χ1) is 19.8. The SMILES string of the molecule is CC1(C(=O)O)CCC(n2ncc(C(=O)N3C[C@@H](c4ccccc4)C[C@@H]3C(=O)c3c(Cl)cncc3Cl)c2C(F)(F)F)CC1. The van der Waals surface area contributed by atoms with E-state index in [1.807, 2.05) is 18.2 Å². The van der Waals surface area contributed by atoms with Gasteiger partial charge < -0.3 is 10.0 Å². The van der Waals surface area contributed by atoms with Crippen LogP contribution in [0.15, 0.2) is 48.9 Å². The molecule has 2 fully saturated rings. The predicted octanol–water partition coefficient (Wildman–Crippen LogP) is 6.69. The van der Waals surface area contributed by atoms with E-state index in [2.05, 4.69) is 10.1 Å². The summed E-state index contributed by atoms with van der Waals surface area (Å²) in [5.74, 6) is -2.92. The number of hydrogen-bond acceptors (Lipinski definition) is 5. The monoisotopic (exact) mass is 622 g/mol. The molecule has 0 spiro atoms. The number of aliphatic carboxylic acids is 1. The van der Waals surface area contributed by atoms with Crippen molar-refractivity contribution in [3.8, 4) is 0 Å². The number of ketones is 1. The molecule has 0 bridgehead atoms. The third-order valence-corrected chi connectivity index (χ3v) is 9.02. The number of likely N-dealkylation sites (tertiary alicyclic amines) is 1. The Morgan fingerprint density at radius 1 is 1.02 bits per heavy atom. The second-order valence-corrected chi connectivity index (χ2v) is 11.9. The highest BCUT2D eigenvalue weighted by Crippen LogP contribution is 2.44. The number of rotatable bonds is 6. The minimum absolute atomic E-state index is 0.0115. The summed E-state index contributed by atoms with van der Waals surface area (Å²) in [5, 5.41) is 13.5. The van der Waals surface area contributed by atoms with Gasteiger partial charge in [-0.15, -0.1) is 0 Å². The van der Waals surface area contributed by atoms with Crippen LogP contribution in [-0.2, 0) is 11.0 Å². The number of benzene rings is 1. The number of alkyl halides is 3. The number of Topliss-reactive ketones (excluding diaryl/α,β-unsaturated/α-hetero) is 1. The number of carboxylic acid groups (broad SMARTS) is 1. The lowest BCUT2D eigenvalue weighted by Crippen LogP contribution is -2.41. The lowest BCUT2D eigenvalue weighted by atomic mass is 9.74. The molecular weight excluding hydrogens is 596 g/mol. The van der Waals surface area contributed by atoms with E-state index in [-0.39, 0.29) is 60.2 Å². The van der Waals surface area contributed by atoms with Crippen molar-refractivity contribution in [2.75, 3.05) is 6.54 Å². The Morgan fingerprint density at radius 2 is 1.64 bits per heavy atom. The molecule has 2 atom stereocenters. The second kappa shape index (κ2) is 11.3. The van der Waals surface area contributed by atoms with E-state index >= 15 is 0 Å². The molecule has 3 heterocycles. The zero-order chi connectivity index (χ0) is 30.4. The molecule has 2 aliphatic rings. The van der Waals surface area contributed by atoms with Crippen LogP contribution in [0.5, 0.6) is 0 Å². The summed E-state index contributed by atoms with van der Waals surface area (Å²) < 4.78 is 44.5. The lowest BCUT2D eigenvalue weighted by molar-refractivity contribution is -0.152. The minimum Gasteiger partial charge on any atom is -0.481 e. The fourth-order valence-corrected chi connectivity index (χ4v) is 6.57. The van der Waals surface area contributed by atoms with E-state index < -0.39 is 52.6 Å². The van der Waals surface area contributed by atoms with Crippen molar-refractivity contribution >= 4 is 40.9 Å². The van der Waals surface area contributed by atoms with Crippen molar-refractivity contribution in [2.45, 2.75) is 63.2 Å². The van der Waals surface area contributed by atoms with Crippen molar-refractivity contribution in [1.82, 2.24) is 19.7 Å². The third kappa shape index (κ3) is 5.51. The molecule has 5 rings (SSSR count). The number of pyridine rings is 1. The van der Waals surface area contributed by atoms with Crippen LogP contribution < -0.4 is 0 Å². The van der Waals surface area contributed by atoms with Gasteiger partial charge in [0.25, 0.3) is 5.91 Å². The Morgan fingerprint density at radius 3 is 2.21 bits per heavy atom. The van der Waals surface area contributed by atoms with Crippen LogP contribution in [0, 0.1) is 5.41 Å². The highest BCUT2D eigenvalue weighted by atomic mass is 35.5. The number of amides is 1. The summed E-state index contributed by atoms with van der Waals surface area (Å²) in [6.45, 7) is 1.56. The molecule has 1 aromatic carbocycles. The van der Waals surface area contributed by atoms with Crippen LogP contribution in [-0.4, -0.2) is 55.0 Å². The zero-order valence-corrected chi connectivity index (χ0v) is 24.0. The molecular formula is C29H27Cl2F3N4O4. The lowest BCUT2D eigenvalue weighted by Gasteiger charge is -2.34. The van der Waals surface area contributed by atoms with Gasteiger partial charge in [0.05, 0.1) is 44.9 Å². The summed E-state index contributed by atoms with van der Waals surface area (Å²) in [6, 6.07) is 7.21. The van der Waals surface area contributed by atoms with Gasteiger partial charge in [-0.25, -0.2) is 0 Å². The van der Waals surface area contributed by atoms with Gasteiger partial charge in [0.1, 0.15) is 0 Å². The van der Waals surface area contributed by atoms with E-state index in [0.717, 1.165) is 21.3 Å². The molecule has 42 heavy (non-hydrogen) atoms. The minimum atomic E-state index is -4.94. The molecule has 8 nitrogen and oxygen atoms in total. The summed E-state index contributed by atoms with van der Waals surface area (Å²) in [5.41, 5.74) is -2.15. The fraction of sp³-hybridized carbons (Fsp3) is 0.414. The van der Waals surface area contributed by atoms with Crippen molar-refractivity contribution < 1.29 is 32.7 Å². The van der Waals surface area contributed by atoms with Crippen molar-refractivity contribution in [3.05, 3.63) is 81.4 Å². The molecule has 1 saturated heterocycles. The predicted molar refractivity (Wildman–Crippen MR) is 148 cm³/mol. The van der Waals surface area contributed by atoms with Crippen molar-refractivity contribution in [1.29, 1.82) is 0 Å². The standard InChI is InChI=1S/C29H27Cl2F3N4O4/c1-28(27(41)42)9-7-18(8-10-28)38-25(29(32,33)34)19(12-36-38)26(40)37-15-17(16-5-3-2-4-6-16)11-22(37)24(39)23-20(30)13-35-14-21(23)31/h2-6,12-14,17-18,22H,7-11,15H2,1H3,(H,41,42)/t17-,18?,22+,28?/m0/s1. The highest BCUT2D eigenvalue weighted by molar-refractivity contribution is 6.40. The van der Waals surface area contributed by atoms with Gasteiger partial charge in [-0.1, -0.05) is 53.5 Å². The molecule has 0 unspecified atom stereocenters. The molecule has 1 N–H and O–H groups in total. The number of carbonyl (C=O) groups excluding carboxylic acids is 2. The zero-order valence-electron chi connectivity index (χ0n) is 22.4. The molecule has 222 valence electrons. The van der Waals surface area contributed by atoms with Crippen LogP contribution in [0.3, 0.4) is 0 Å². The second-order valence-electron chi connectivity index (χ2n) is 11.1. The van der Waals surface area contributed by atoms with E-state index in [9.17, 15) is 32.7 Å². The Bertz CT molecular complexity index is 1500. The average Bonchev–Trinajstić information content (AvgIpc) is 3.59. The van der Waals surface area contributed by atoms with Crippen LogP contribution in [0.25, 0.3) is 0 Å². The molecule has 1 saturated carbocycles.